The molecule has 2 saturated carbocycles. The van der Waals surface area contributed by atoms with Gasteiger partial charge in [-0.15, -0.1) is 0 Å². The summed E-state index contributed by atoms with van der Waals surface area (Å²) in [6.45, 7) is 7.74. The van der Waals surface area contributed by atoms with Gasteiger partial charge < -0.3 is 19.1 Å². The van der Waals surface area contributed by atoms with Crippen LogP contribution in [0.2, 0.25) is 0 Å². The summed E-state index contributed by atoms with van der Waals surface area (Å²) in [4.78, 5) is 33.1. The van der Waals surface area contributed by atoms with E-state index >= 15 is 0 Å². The normalized spacial score (nSPS) is 22.6. The van der Waals surface area contributed by atoms with E-state index in [1.807, 2.05) is 26.0 Å². The third-order valence-electron chi connectivity index (χ3n) is 10.2. The van der Waals surface area contributed by atoms with Crippen LogP contribution in [-0.4, -0.2) is 78.1 Å². The van der Waals surface area contributed by atoms with E-state index in [0.29, 0.717) is 42.4 Å². The molecule has 2 atom stereocenters. The Morgan fingerprint density at radius 3 is 2.26 bits per heavy atom. The van der Waals surface area contributed by atoms with Crippen LogP contribution < -0.4 is 10.1 Å². The average Bonchev–Trinajstić information content (AvgIpc) is 3.60. The number of Topliss-reactive ketones (excluding diaryl/α,β-unsaturated/α-hetero) is 1. The van der Waals surface area contributed by atoms with Crippen LogP contribution in [0.1, 0.15) is 56.4 Å². The van der Waals surface area contributed by atoms with E-state index in [4.69, 9.17) is 4.74 Å². The Hall–Kier alpha value is -3.74. The molecule has 1 amide bonds. The van der Waals surface area contributed by atoms with E-state index in [1.54, 1.807) is 36.5 Å². The van der Waals surface area contributed by atoms with Gasteiger partial charge >= 0.3 is 0 Å². The van der Waals surface area contributed by atoms with Gasteiger partial charge in [-0.2, -0.15) is 0 Å². The molecular formula is C34H41FN4O6S. The molecule has 3 fully saturated rings. The lowest BCUT2D eigenvalue weighted by molar-refractivity contribution is -0.896. The molecule has 46 heavy (non-hydrogen) atoms. The predicted octanol–water partition coefficient (Wildman–Crippen LogP) is 4.97. The maximum atomic E-state index is 13.0. The molecule has 1 aromatic heterocycles. The molecule has 1 saturated heterocycles. The number of carbonyl (C=O) groups is 2. The van der Waals surface area contributed by atoms with Crippen LogP contribution in [0.3, 0.4) is 0 Å². The first kappa shape index (κ1) is 33.6. The molecule has 10 nitrogen and oxygen atoms in total. The highest BCUT2D eigenvalue weighted by atomic mass is 32.2. The summed E-state index contributed by atoms with van der Waals surface area (Å²) in [5, 5.41) is 2.98. The van der Waals surface area contributed by atoms with Crippen molar-refractivity contribution < 1.29 is 36.2 Å². The van der Waals surface area contributed by atoms with Crippen molar-refractivity contribution in [1.29, 1.82) is 0 Å². The molecule has 2 bridgehead atoms. The number of carbonyl (C=O) groups excluding carboxylic acids is 2. The predicted molar refractivity (Wildman–Crippen MR) is 169 cm³/mol. The fraction of sp³-hybridized carbons (Fsp3) is 0.471. The SMILES string of the molecule is CC1(C)C2CCC1(CS(=O)(=O)[O-])C(=O)C2.C[N+]1(CCNC(=O)c2ccnc(-c3ccc(Oc4ccc(F)cc4)cc3)n2)CCCC1. The summed E-state index contributed by atoms with van der Waals surface area (Å²) in [7, 11) is -2.08. The Morgan fingerprint density at radius 2 is 1.70 bits per heavy atom. The van der Waals surface area contributed by atoms with Crippen molar-refractivity contribution in [3.63, 3.8) is 0 Å². The van der Waals surface area contributed by atoms with Crippen LogP contribution in [0, 0.1) is 22.6 Å². The van der Waals surface area contributed by atoms with Crippen molar-refractivity contribution in [3.8, 4) is 22.9 Å². The average molecular weight is 653 g/mol. The molecule has 0 radical (unpaired) electrons. The Bertz CT molecular complexity index is 1670. The third kappa shape index (κ3) is 7.45. The Morgan fingerprint density at radius 1 is 1.07 bits per heavy atom. The largest absolute Gasteiger partial charge is 0.748 e. The zero-order valence-electron chi connectivity index (χ0n) is 26.5. The highest BCUT2D eigenvalue weighted by molar-refractivity contribution is 7.85. The Kier molecular flexibility index (Phi) is 9.63. The van der Waals surface area contributed by atoms with Crippen LogP contribution in [0.25, 0.3) is 11.4 Å². The zero-order chi connectivity index (χ0) is 33.2. The van der Waals surface area contributed by atoms with Crippen LogP contribution in [0.15, 0.2) is 60.8 Å². The Labute approximate surface area is 269 Å². The number of amides is 1. The molecular weight excluding hydrogens is 611 g/mol. The molecule has 1 aliphatic heterocycles. The van der Waals surface area contributed by atoms with Gasteiger partial charge in [0.1, 0.15) is 28.8 Å². The first-order valence-electron chi connectivity index (χ1n) is 15.7. The lowest BCUT2D eigenvalue weighted by atomic mass is 9.70. The molecule has 0 spiro atoms. The van der Waals surface area contributed by atoms with Gasteiger partial charge in [-0.25, -0.2) is 22.8 Å². The van der Waals surface area contributed by atoms with Crippen molar-refractivity contribution in [1.82, 2.24) is 15.3 Å². The smallest absolute Gasteiger partial charge is 0.270 e. The number of hydrogen-bond donors (Lipinski definition) is 1. The molecule has 6 rings (SSSR count). The van der Waals surface area contributed by atoms with E-state index in [9.17, 15) is 27.0 Å². The number of benzene rings is 2. The molecule has 2 aliphatic carbocycles. The van der Waals surface area contributed by atoms with Gasteiger partial charge in [-0.05, 0) is 78.8 Å². The number of nitrogens with one attached hydrogen (secondary N) is 1. The van der Waals surface area contributed by atoms with Crippen molar-refractivity contribution in [2.75, 3.05) is 39.0 Å². The molecule has 1 N–H and O–H groups in total. The summed E-state index contributed by atoms with van der Waals surface area (Å²) in [5.74, 6) is 0.857. The number of aromatic nitrogens is 2. The van der Waals surface area contributed by atoms with Gasteiger partial charge in [-0.1, -0.05) is 13.8 Å². The van der Waals surface area contributed by atoms with Crippen LogP contribution in [-0.2, 0) is 14.9 Å². The minimum absolute atomic E-state index is 0.0248. The van der Waals surface area contributed by atoms with E-state index in [0.717, 1.165) is 23.0 Å². The van der Waals surface area contributed by atoms with Gasteiger partial charge in [0, 0.05) is 36.4 Å². The minimum atomic E-state index is -4.33. The number of fused-ring (bicyclic) bond motifs is 2. The second-order valence-corrected chi connectivity index (χ2v) is 14.9. The van der Waals surface area contributed by atoms with Crippen molar-refractivity contribution >= 4 is 21.8 Å². The summed E-state index contributed by atoms with van der Waals surface area (Å²) < 4.78 is 52.4. The topological polar surface area (TPSA) is 138 Å². The highest BCUT2D eigenvalue weighted by Gasteiger charge is 2.64. The second kappa shape index (κ2) is 13.2. The van der Waals surface area contributed by atoms with E-state index in [1.165, 1.54) is 38.1 Å². The monoisotopic (exact) mass is 652 g/mol. The summed E-state index contributed by atoms with van der Waals surface area (Å²) >= 11 is 0. The second-order valence-electron chi connectivity index (χ2n) is 13.5. The summed E-state index contributed by atoms with van der Waals surface area (Å²) in [5.41, 5.74) is -0.100. The quantitative estimate of drug-likeness (QED) is 0.253. The molecule has 3 aliphatic rings. The van der Waals surface area contributed by atoms with Gasteiger partial charge in [0.05, 0.1) is 49.1 Å². The zero-order valence-corrected chi connectivity index (χ0v) is 27.3. The molecule has 2 heterocycles. The summed E-state index contributed by atoms with van der Waals surface area (Å²) in [6.07, 6.45) is 5.98. The maximum Gasteiger partial charge on any atom is 0.270 e. The summed E-state index contributed by atoms with van der Waals surface area (Å²) in [6, 6.07) is 14.7. The molecule has 3 aromatic rings. The van der Waals surface area contributed by atoms with Crippen molar-refractivity contribution in [3.05, 3.63) is 72.3 Å². The first-order valence-corrected chi connectivity index (χ1v) is 17.2. The lowest BCUT2D eigenvalue weighted by Gasteiger charge is -2.37. The van der Waals surface area contributed by atoms with Gasteiger partial charge in [0.25, 0.3) is 5.91 Å². The number of nitrogens with zero attached hydrogens (tertiary/aromatic N) is 3. The fourth-order valence-corrected chi connectivity index (χ4v) is 8.48. The molecule has 2 unspecified atom stereocenters. The van der Waals surface area contributed by atoms with E-state index < -0.39 is 21.3 Å². The van der Waals surface area contributed by atoms with E-state index in [-0.39, 0.29) is 28.8 Å². The standard InChI is InChI=1S/C24H25FN4O2.C10H16O4S/c1-29(15-2-3-16-29)17-14-27-24(30)22-12-13-26-23(28-22)18-4-8-20(9-5-18)31-21-10-6-19(25)7-11-21;1-9(2)7-3-4-10(9,8(11)5-7)6-15(12,13)14/h4-13H,2-3,14-17H2,1H3;7H,3-6H2,1-2H3,(H,12,13,14). The van der Waals surface area contributed by atoms with Crippen LogP contribution in [0.4, 0.5) is 4.39 Å². The molecule has 246 valence electrons. The molecule has 12 heteroatoms. The van der Waals surface area contributed by atoms with Crippen molar-refractivity contribution in [2.45, 2.75) is 46.0 Å². The lowest BCUT2D eigenvalue weighted by Crippen LogP contribution is -2.46. The Balaban J connectivity index is 0.000000232. The van der Waals surface area contributed by atoms with Crippen LogP contribution >= 0.6 is 0 Å². The molecule has 2 aromatic carbocycles. The number of ether oxygens (including phenoxy) is 1. The van der Waals surface area contributed by atoms with Crippen LogP contribution in [0.5, 0.6) is 11.5 Å². The number of halogens is 1. The van der Waals surface area contributed by atoms with Gasteiger partial charge in [0.15, 0.2) is 5.82 Å². The number of rotatable bonds is 9. The number of hydrogen-bond acceptors (Lipinski definition) is 8. The van der Waals surface area contributed by atoms with E-state index in [2.05, 4.69) is 22.3 Å². The first-order chi connectivity index (χ1) is 21.7. The maximum absolute atomic E-state index is 13.0. The minimum Gasteiger partial charge on any atom is -0.748 e. The fourth-order valence-electron chi connectivity index (χ4n) is 7.20. The number of likely N-dealkylation sites (N-methyl/N-ethyl adjacent to an activating group) is 1. The van der Waals surface area contributed by atoms with Gasteiger partial charge in [-0.3, -0.25) is 9.59 Å². The van der Waals surface area contributed by atoms with Gasteiger partial charge in [0.2, 0.25) is 0 Å². The third-order valence-corrected chi connectivity index (χ3v) is 11.0. The number of likely N-dealkylation sites (tertiary alicyclic amines) is 1. The highest BCUT2D eigenvalue weighted by Crippen LogP contribution is 2.64. The number of ketones is 1. The number of quaternary nitrogens is 1. The van der Waals surface area contributed by atoms with Crippen molar-refractivity contribution in [2.24, 2.45) is 16.7 Å².